The number of amides is 1. The molecule has 3 aromatic carbocycles. The van der Waals surface area contributed by atoms with Gasteiger partial charge in [-0.3, -0.25) is 9.59 Å². The van der Waals surface area contributed by atoms with E-state index in [1.165, 1.54) is 10.8 Å². The molecule has 0 bridgehead atoms. The van der Waals surface area contributed by atoms with Crippen LogP contribution in [-0.2, 0) is 4.79 Å². The number of carbonyl (C=O) groups is 2. The maximum absolute atomic E-state index is 15.4. The number of hydrogen-bond acceptors (Lipinski definition) is 5. The summed E-state index contributed by atoms with van der Waals surface area (Å²) < 4.78 is 23.0. The van der Waals surface area contributed by atoms with Gasteiger partial charge in [-0.2, -0.15) is 0 Å². The van der Waals surface area contributed by atoms with E-state index >= 15 is 4.39 Å². The molecule has 2 aliphatic rings. The predicted molar refractivity (Wildman–Crippen MR) is 133 cm³/mol. The van der Waals surface area contributed by atoms with Crippen molar-refractivity contribution in [2.75, 3.05) is 25.0 Å². The minimum atomic E-state index is -1.42. The fourth-order valence-electron chi connectivity index (χ4n) is 5.04. The van der Waals surface area contributed by atoms with E-state index < -0.39 is 22.8 Å². The highest BCUT2D eigenvalue weighted by atomic mass is 19.1. The van der Waals surface area contributed by atoms with Crippen molar-refractivity contribution < 1.29 is 23.8 Å². The summed E-state index contributed by atoms with van der Waals surface area (Å²) in [6.07, 6.45) is 3.61. The monoisotopic (exact) mass is 487 g/mol. The zero-order valence-corrected chi connectivity index (χ0v) is 19.2. The van der Waals surface area contributed by atoms with E-state index in [-0.39, 0.29) is 34.7 Å². The number of pyridine rings is 1. The zero-order valence-electron chi connectivity index (χ0n) is 19.2. The maximum atomic E-state index is 15.4. The van der Waals surface area contributed by atoms with Gasteiger partial charge in [-0.15, -0.1) is 0 Å². The Morgan fingerprint density at radius 2 is 1.81 bits per heavy atom. The van der Waals surface area contributed by atoms with Crippen LogP contribution in [0.15, 0.2) is 53.5 Å². The Hall–Kier alpha value is -4.24. The summed E-state index contributed by atoms with van der Waals surface area (Å²) in [4.78, 5) is 39.7. The summed E-state index contributed by atoms with van der Waals surface area (Å²) in [5.74, 6) is -2.35. The van der Waals surface area contributed by atoms with Crippen LogP contribution < -0.4 is 15.5 Å². The van der Waals surface area contributed by atoms with Gasteiger partial charge < -0.3 is 24.6 Å². The van der Waals surface area contributed by atoms with E-state index in [1.54, 1.807) is 6.07 Å². The molecule has 0 atom stereocenters. The molecule has 0 unspecified atom stereocenters. The fraction of sp³-hybridized carbons (Fsp3) is 0.222. The Morgan fingerprint density at radius 1 is 1.08 bits per heavy atom. The summed E-state index contributed by atoms with van der Waals surface area (Å²) in [7, 11) is 0. The van der Waals surface area contributed by atoms with Gasteiger partial charge in [0.1, 0.15) is 16.8 Å². The average molecular weight is 487 g/mol. The van der Waals surface area contributed by atoms with Gasteiger partial charge in [0.2, 0.25) is 11.3 Å². The lowest BCUT2D eigenvalue weighted by molar-refractivity contribution is -0.116. The molecular weight excluding hydrogens is 465 g/mol. The molecule has 2 aliphatic heterocycles. The number of rotatable bonds is 5. The van der Waals surface area contributed by atoms with E-state index in [4.69, 9.17) is 4.74 Å². The Morgan fingerprint density at radius 3 is 2.53 bits per heavy atom. The second-order valence-corrected chi connectivity index (χ2v) is 9.12. The second kappa shape index (κ2) is 8.46. The molecule has 9 heteroatoms. The van der Waals surface area contributed by atoms with Crippen molar-refractivity contribution in [1.82, 2.24) is 9.47 Å². The van der Waals surface area contributed by atoms with Crippen LogP contribution in [-0.4, -0.2) is 46.1 Å². The van der Waals surface area contributed by atoms with Crippen LogP contribution in [0.25, 0.3) is 27.4 Å². The number of anilines is 1. The number of ether oxygens (including phenoxy) is 1. The highest BCUT2D eigenvalue weighted by molar-refractivity contribution is 6.03. The van der Waals surface area contributed by atoms with Gasteiger partial charge in [0.05, 0.1) is 11.1 Å². The van der Waals surface area contributed by atoms with Crippen molar-refractivity contribution in [3.8, 4) is 17.2 Å². The predicted octanol–water partition coefficient (Wildman–Crippen LogP) is 4.51. The van der Waals surface area contributed by atoms with E-state index in [0.29, 0.717) is 18.0 Å². The molecule has 2 N–H and O–H groups in total. The molecule has 0 spiro atoms. The SMILES string of the molecule is O=C(CCN1CCCC1)Nc1c(F)cc2c(=O)c(C(=O)O)cn3c2c1Oc1cc2ccccc2cc1-3. The van der Waals surface area contributed by atoms with Crippen LogP contribution in [0.3, 0.4) is 0 Å². The molecule has 1 fully saturated rings. The molecule has 182 valence electrons. The van der Waals surface area contributed by atoms with Gasteiger partial charge in [-0.05, 0) is 54.9 Å². The van der Waals surface area contributed by atoms with Gasteiger partial charge in [-0.25, -0.2) is 9.18 Å². The molecule has 3 heterocycles. The molecule has 1 aromatic heterocycles. The highest BCUT2D eigenvalue weighted by Crippen LogP contribution is 2.46. The van der Waals surface area contributed by atoms with Crippen molar-refractivity contribution in [1.29, 1.82) is 0 Å². The van der Waals surface area contributed by atoms with Gasteiger partial charge in [-0.1, -0.05) is 24.3 Å². The molecule has 6 rings (SSSR count). The number of nitrogens with one attached hydrogen (secondary N) is 1. The fourth-order valence-corrected chi connectivity index (χ4v) is 5.04. The summed E-state index contributed by atoms with van der Waals surface area (Å²) in [6.45, 7) is 2.45. The molecule has 8 nitrogen and oxygen atoms in total. The standard InChI is InChI=1S/C27H22FN3O5/c28-19-13-17-24-26(23(19)29-22(32)7-10-30-8-3-4-9-30)36-21-12-16-6-2-1-5-15(16)11-20(21)31(24)14-18(25(17)33)27(34)35/h1-2,5-6,11-14H,3-4,7-10H2,(H,29,32)(H,34,35). The van der Waals surface area contributed by atoms with Gasteiger partial charge >= 0.3 is 5.97 Å². The van der Waals surface area contributed by atoms with Crippen molar-refractivity contribution in [3.63, 3.8) is 0 Å². The average Bonchev–Trinajstić information content (AvgIpc) is 3.39. The number of carbonyl (C=O) groups excluding carboxylic acids is 1. The molecule has 4 aromatic rings. The van der Waals surface area contributed by atoms with E-state index in [0.717, 1.165) is 42.8 Å². The molecule has 0 saturated carbocycles. The lowest BCUT2D eigenvalue weighted by Gasteiger charge is -2.26. The number of aromatic carboxylic acids is 1. The number of aromatic nitrogens is 1. The third-order valence-electron chi connectivity index (χ3n) is 6.84. The molecule has 36 heavy (non-hydrogen) atoms. The van der Waals surface area contributed by atoms with Crippen LogP contribution in [0.1, 0.15) is 29.6 Å². The minimum absolute atomic E-state index is 0.0312. The topological polar surface area (TPSA) is 101 Å². The first-order chi connectivity index (χ1) is 17.4. The number of halogens is 1. The van der Waals surface area contributed by atoms with Crippen LogP contribution in [0.4, 0.5) is 10.1 Å². The van der Waals surface area contributed by atoms with Gasteiger partial charge in [0.25, 0.3) is 0 Å². The smallest absolute Gasteiger partial charge is 0.341 e. The van der Waals surface area contributed by atoms with Crippen LogP contribution in [0.5, 0.6) is 11.5 Å². The molecule has 1 saturated heterocycles. The third kappa shape index (κ3) is 3.59. The highest BCUT2D eigenvalue weighted by Gasteiger charge is 2.29. The number of fused-ring (bicyclic) bond motifs is 3. The van der Waals surface area contributed by atoms with Crippen molar-refractivity contribution in [2.45, 2.75) is 19.3 Å². The number of carboxylic acid groups (broad SMARTS) is 1. The summed E-state index contributed by atoms with van der Waals surface area (Å²) >= 11 is 0. The number of nitrogens with zero attached hydrogens (tertiary/aromatic N) is 2. The number of hydrogen-bond donors (Lipinski definition) is 2. The summed E-state index contributed by atoms with van der Waals surface area (Å²) in [5.41, 5.74) is -0.787. The zero-order chi connectivity index (χ0) is 25.0. The molecule has 0 radical (unpaired) electrons. The van der Waals surface area contributed by atoms with Crippen molar-refractivity contribution in [3.05, 3.63) is 70.3 Å². The van der Waals surface area contributed by atoms with Crippen molar-refractivity contribution >= 4 is 39.2 Å². The quantitative estimate of drug-likeness (QED) is 0.378. The lowest BCUT2D eigenvalue weighted by Crippen LogP contribution is -2.26. The molecule has 1 amide bonds. The first-order valence-electron chi connectivity index (χ1n) is 11.8. The second-order valence-electron chi connectivity index (χ2n) is 9.12. The Kier molecular flexibility index (Phi) is 5.22. The minimum Gasteiger partial charge on any atom is -0.477 e. The summed E-state index contributed by atoms with van der Waals surface area (Å²) in [6, 6.07) is 12.1. The van der Waals surface area contributed by atoms with E-state index in [1.807, 2.05) is 30.3 Å². The Bertz CT molecular complexity index is 1640. The first kappa shape index (κ1) is 22.2. The van der Waals surface area contributed by atoms with E-state index in [9.17, 15) is 19.5 Å². The molecular formula is C27H22FN3O5. The van der Waals surface area contributed by atoms with Crippen LogP contribution in [0, 0.1) is 5.82 Å². The van der Waals surface area contributed by atoms with Crippen LogP contribution >= 0.6 is 0 Å². The van der Waals surface area contributed by atoms with Crippen molar-refractivity contribution in [2.24, 2.45) is 0 Å². The van der Waals surface area contributed by atoms with E-state index in [2.05, 4.69) is 10.2 Å². The maximum Gasteiger partial charge on any atom is 0.341 e. The Balaban J connectivity index is 1.52. The number of benzene rings is 3. The largest absolute Gasteiger partial charge is 0.477 e. The first-order valence-corrected chi connectivity index (χ1v) is 11.8. The molecule has 0 aliphatic carbocycles. The number of likely N-dealkylation sites (tertiary alicyclic amines) is 1. The van der Waals surface area contributed by atoms with Gasteiger partial charge in [0, 0.05) is 19.2 Å². The summed E-state index contributed by atoms with van der Waals surface area (Å²) in [5, 5.41) is 13.9. The normalized spacial score (nSPS) is 14.6. The van der Waals surface area contributed by atoms with Crippen LogP contribution in [0.2, 0.25) is 0 Å². The Labute approximate surface area is 204 Å². The van der Waals surface area contributed by atoms with Gasteiger partial charge in [0.15, 0.2) is 17.3 Å². The lowest BCUT2D eigenvalue weighted by atomic mass is 10.0. The third-order valence-corrected chi connectivity index (χ3v) is 6.84. The number of carboxylic acids is 1.